The lowest BCUT2D eigenvalue weighted by Crippen LogP contribution is -2.26. The van der Waals surface area contributed by atoms with E-state index in [1.54, 1.807) is 0 Å². The molecule has 0 saturated heterocycles. The normalized spacial score (nSPS) is 18.1. The molecule has 2 heteroatoms. The fourth-order valence-corrected chi connectivity index (χ4v) is 2.92. The average molecular weight is 289 g/mol. The van der Waals surface area contributed by atoms with Gasteiger partial charge in [-0.2, -0.15) is 0 Å². The van der Waals surface area contributed by atoms with Crippen LogP contribution < -0.4 is 5.32 Å². The monoisotopic (exact) mass is 289 g/mol. The van der Waals surface area contributed by atoms with Crippen molar-refractivity contribution in [2.24, 2.45) is 0 Å². The molecule has 1 aliphatic carbocycles. The van der Waals surface area contributed by atoms with E-state index in [4.69, 9.17) is 4.74 Å². The quantitative estimate of drug-likeness (QED) is 0.789. The van der Waals surface area contributed by atoms with E-state index in [0.29, 0.717) is 18.1 Å². The SMILES string of the molecule is CC(C)NCC(C)c1ccc(COC2CCCCC2)cc1. The lowest BCUT2D eigenvalue weighted by atomic mass is 9.97. The summed E-state index contributed by atoms with van der Waals surface area (Å²) in [7, 11) is 0. The van der Waals surface area contributed by atoms with Crippen LogP contribution in [-0.4, -0.2) is 18.7 Å². The second-order valence-electron chi connectivity index (χ2n) is 6.78. The summed E-state index contributed by atoms with van der Waals surface area (Å²) in [5.74, 6) is 0.556. The fraction of sp³-hybridized carbons (Fsp3) is 0.684. The van der Waals surface area contributed by atoms with Crippen molar-refractivity contribution in [2.75, 3.05) is 6.54 Å². The number of benzene rings is 1. The molecule has 1 aliphatic rings. The molecule has 1 atom stereocenters. The first kappa shape index (κ1) is 16.5. The van der Waals surface area contributed by atoms with Gasteiger partial charge in [-0.1, -0.05) is 64.3 Å². The molecule has 1 N–H and O–H groups in total. The third-order valence-electron chi connectivity index (χ3n) is 4.42. The third-order valence-corrected chi connectivity index (χ3v) is 4.42. The van der Waals surface area contributed by atoms with Gasteiger partial charge in [0.15, 0.2) is 0 Å². The minimum Gasteiger partial charge on any atom is -0.374 e. The van der Waals surface area contributed by atoms with Crippen LogP contribution in [0.25, 0.3) is 0 Å². The van der Waals surface area contributed by atoms with E-state index < -0.39 is 0 Å². The number of hydrogen-bond donors (Lipinski definition) is 1. The smallest absolute Gasteiger partial charge is 0.0720 e. The molecule has 118 valence electrons. The van der Waals surface area contributed by atoms with Crippen LogP contribution in [0, 0.1) is 0 Å². The summed E-state index contributed by atoms with van der Waals surface area (Å²) >= 11 is 0. The van der Waals surface area contributed by atoms with E-state index >= 15 is 0 Å². The van der Waals surface area contributed by atoms with Crippen molar-refractivity contribution < 1.29 is 4.74 Å². The molecular formula is C19H31NO. The maximum atomic E-state index is 6.04. The van der Waals surface area contributed by atoms with Crippen molar-refractivity contribution >= 4 is 0 Å². The summed E-state index contributed by atoms with van der Waals surface area (Å²) in [6.07, 6.45) is 7.05. The van der Waals surface area contributed by atoms with Crippen molar-refractivity contribution in [3.05, 3.63) is 35.4 Å². The predicted octanol–water partition coefficient (Wildman–Crippen LogP) is 4.64. The van der Waals surface area contributed by atoms with Crippen LogP contribution in [0.2, 0.25) is 0 Å². The molecule has 1 saturated carbocycles. The highest BCUT2D eigenvalue weighted by Gasteiger charge is 2.13. The van der Waals surface area contributed by atoms with Crippen LogP contribution in [0.5, 0.6) is 0 Å². The van der Waals surface area contributed by atoms with Gasteiger partial charge in [-0.15, -0.1) is 0 Å². The lowest BCUT2D eigenvalue weighted by molar-refractivity contribution is 0.0168. The third kappa shape index (κ3) is 5.80. The molecule has 2 rings (SSSR count). The molecule has 1 fully saturated rings. The second-order valence-corrected chi connectivity index (χ2v) is 6.78. The van der Waals surface area contributed by atoms with Crippen LogP contribution in [-0.2, 0) is 11.3 Å². The van der Waals surface area contributed by atoms with Gasteiger partial charge in [0.25, 0.3) is 0 Å². The summed E-state index contributed by atoms with van der Waals surface area (Å²) in [5, 5.41) is 3.50. The van der Waals surface area contributed by atoms with E-state index in [-0.39, 0.29) is 0 Å². The topological polar surface area (TPSA) is 21.3 Å². The van der Waals surface area contributed by atoms with Crippen LogP contribution >= 0.6 is 0 Å². The largest absolute Gasteiger partial charge is 0.374 e. The van der Waals surface area contributed by atoms with Gasteiger partial charge in [-0.05, 0) is 29.9 Å². The van der Waals surface area contributed by atoms with Gasteiger partial charge in [0.2, 0.25) is 0 Å². The van der Waals surface area contributed by atoms with E-state index in [1.807, 2.05) is 0 Å². The zero-order valence-corrected chi connectivity index (χ0v) is 13.9. The molecule has 0 heterocycles. The minimum atomic E-state index is 0.493. The molecule has 2 nitrogen and oxygen atoms in total. The van der Waals surface area contributed by atoms with Crippen LogP contribution in [0.3, 0.4) is 0 Å². The summed E-state index contributed by atoms with van der Waals surface area (Å²) in [5.41, 5.74) is 2.71. The minimum absolute atomic E-state index is 0.493. The first-order valence-corrected chi connectivity index (χ1v) is 8.59. The van der Waals surface area contributed by atoms with Crippen molar-refractivity contribution in [3.8, 4) is 0 Å². The molecule has 0 spiro atoms. The Hall–Kier alpha value is -0.860. The fourth-order valence-electron chi connectivity index (χ4n) is 2.92. The van der Waals surface area contributed by atoms with E-state index in [9.17, 15) is 0 Å². The summed E-state index contributed by atoms with van der Waals surface area (Å²) in [6, 6.07) is 9.52. The molecule has 1 unspecified atom stereocenters. The first-order valence-electron chi connectivity index (χ1n) is 8.59. The molecule has 0 amide bonds. The highest BCUT2D eigenvalue weighted by Crippen LogP contribution is 2.22. The van der Waals surface area contributed by atoms with Crippen LogP contribution in [0.1, 0.15) is 69.9 Å². The molecule has 1 aromatic carbocycles. The van der Waals surface area contributed by atoms with Gasteiger partial charge in [0.05, 0.1) is 12.7 Å². The molecule has 0 bridgehead atoms. The Labute approximate surface area is 130 Å². The Balaban J connectivity index is 1.78. The van der Waals surface area contributed by atoms with E-state index in [0.717, 1.165) is 13.2 Å². The number of rotatable bonds is 7. The van der Waals surface area contributed by atoms with E-state index in [1.165, 1.54) is 43.2 Å². The molecule has 1 aromatic rings. The summed E-state index contributed by atoms with van der Waals surface area (Å²) in [4.78, 5) is 0. The van der Waals surface area contributed by atoms with Gasteiger partial charge in [-0.25, -0.2) is 0 Å². The second kappa shape index (κ2) is 8.55. The maximum Gasteiger partial charge on any atom is 0.0720 e. The molecule has 21 heavy (non-hydrogen) atoms. The van der Waals surface area contributed by atoms with Gasteiger partial charge in [0.1, 0.15) is 0 Å². The lowest BCUT2D eigenvalue weighted by Gasteiger charge is -2.22. The van der Waals surface area contributed by atoms with Crippen molar-refractivity contribution in [3.63, 3.8) is 0 Å². The Morgan fingerprint density at radius 2 is 1.71 bits per heavy atom. The molecule has 0 radical (unpaired) electrons. The Morgan fingerprint density at radius 1 is 1.05 bits per heavy atom. The zero-order valence-electron chi connectivity index (χ0n) is 13.9. The highest BCUT2D eigenvalue weighted by atomic mass is 16.5. The van der Waals surface area contributed by atoms with Gasteiger partial charge in [-0.3, -0.25) is 0 Å². The van der Waals surface area contributed by atoms with Crippen molar-refractivity contribution in [1.29, 1.82) is 0 Å². The zero-order chi connectivity index (χ0) is 15.1. The molecule has 0 aliphatic heterocycles. The summed E-state index contributed by atoms with van der Waals surface area (Å²) in [6.45, 7) is 8.47. The molecule has 0 aromatic heterocycles. The predicted molar refractivity (Wildman–Crippen MR) is 89.7 cm³/mol. The van der Waals surface area contributed by atoms with Crippen LogP contribution in [0.4, 0.5) is 0 Å². The Kier molecular flexibility index (Phi) is 6.72. The van der Waals surface area contributed by atoms with Gasteiger partial charge < -0.3 is 10.1 Å². The highest BCUT2D eigenvalue weighted by molar-refractivity contribution is 5.25. The van der Waals surface area contributed by atoms with Crippen LogP contribution in [0.15, 0.2) is 24.3 Å². The molecular weight excluding hydrogens is 258 g/mol. The maximum absolute atomic E-state index is 6.04. The van der Waals surface area contributed by atoms with Gasteiger partial charge in [0, 0.05) is 12.6 Å². The van der Waals surface area contributed by atoms with Gasteiger partial charge >= 0.3 is 0 Å². The van der Waals surface area contributed by atoms with Crippen molar-refractivity contribution in [2.45, 2.75) is 77.5 Å². The van der Waals surface area contributed by atoms with Crippen molar-refractivity contribution in [1.82, 2.24) is 5.32 Å². The number of nitrogens with one attached hydrogen (secondary N) is 1. The first-order chi connectivity index (χ1) is 10.1. The number of ether oxygens (including phenoxy) is 1. The standard InChI is InChI=1S/C19H31NO/c1-15(2)20-13-16(3)18-11-9-17(10-12-18)14-21-19-7-5-4-6-8-19/h9-12,15-16,19-20H,4-8,13-14H2,1-3H3. The summed E-state index contributed by atoms with van der Waals surface area (Å²) < 4.78 is 6.04. The van der Waals surface area contributed by atoms with E-state index in [2.05, 4.69) is 50.4 Å². The Morgan fingerprint density at radius 3 is 2.33 bits per heavy atom. The Bertz CT molecular complexity index is 393. The average Bonchev–Trinajstić information content (AvgIpc) is 2.52. The number of hydrogen-bond acceptors (Lipinski definition) is 2.